The van der Waals surface area contributed by atoms with Crippen molar-refractivity contribution in [3.8, 4) is 6.19 Å². The van der Waals surface area contributed by atoms with Gasteiger partial charge in [0.1, 0.15) is 0 Å². The van der Waals surface area contributed by atoms with E-state index in [4.69, 9.17) is 5.26 Å². The molecule has 1 heterocycles. The number of nitrogens with zero attached hydrogens (tertiary/aromatic N) is 2. The highest BCUT2D eigenvalue weighted by Crippen LogP contribution is 2.17. The van der Waals surface area contributed by atoms with Crippen LogP contribution in [0.3, 0.4) is 0 Å². The largest absolute Gasteiger partial charge is 0.310 e. The van der Waals surface area contributed by atoms with E-state index in [9.17, 15) is 0 Å². The molecule has 0 amide bonds. The van der Waals surface area contributed by atoms with Gasteiger partial charge in [0.25, 0.3) is 0 Å². The molecule has 0 aromatic carbocycles. The average molecular weight is 156 g/mol. The molecule has 0 bridgehead atoms. The molecule has 1 rings (SSSR count). The van der Waals surface area contributed by atoms with Gasteiger partial charge in [0, 0.05) is 24.1 Å². The lowest BCUT2D eigenvalue weighted by molar-refractivity contribution is 0.415. The average Bonchev–Trinajstić information content (AvgIpc) is 2.14. The van der Waals surface area contributed by atoms with Crippen molar-refractivity contribution in [2.24, 2.45) is 0 Å². The molecule has 56 valence electrons. The number of thioether (sulfide) groups is 1. The van der Waals surface area contributed by atoms with Crippen LogP contribution in [0.5, 0.6) is 0 Å². The van der Waals surface area contributed by atoms with Crippen molar-refractivity contribution in [1.82, 2.24) is 4.90 Å². The fraction of sp³-hybridized carbons (Fsp3) is 0.857. The number of rotatable bonds is 0. The molecular formula is C7H12N2S. The molecule has 2 nitrogen and oxygen atoms in total. The Morgan fingerprint density at radius 2 is 2.40 bits per heavy atom. The quantitative estimate of drug-likeness (QED) is 0.495. The topological polar surface area (TPSA) is 27.0 Å². The highest BCUT2D eigenvalue weighted by atomic mass is 32.2. The first-order valence-electron chi connectivity index (χ1n) is 3.59. The Kier molecular flexibility index (Phi) is 2.88. The Hall–Kier alpha value is -0.360. The standard InChI is InChI=1S/C7H12N2S/c1-7-2-3-9(6-8)4-5-10-7/h7H,2-5H2,1H3. The molecule has 0 aliphatic carbocycles. The molecule has 10 heavy (non-hydrogen) atoms. The van der Waals surface area contributed by atoms with E-state index in [2.05, 4.69) is 13.1 Å². The normalized spacial score (nSPS) is 27.2. The Morgan fingerprint density at radius 1 is 1.60 bits per heavy atom. The smallest absolute Gasteiger partial charge is 0.179 e. The molecule has 0 N–H and O–H groups in total. The number of hydrogen-bond donors (Lipinski definition) is 0. The molecule has 1 aliphatic heterocycles. The van der Waals surface area contributed by atoms with E-state index < -0.39 is 0 Å². The van der Waals surface area contributed by atoms with E-state index in [0.717, 1.165) is 30.5 Å². The van der Waals surface area contributed by atoms with Gasteiger partial charge in [-0.2, -0.15) is 17.0 Å². The summed E-state index contributed by atoms with van der Waals surface area (Å²) in [4.78, 5) is 1.84. The molecule has 0 aromatic heterocycles. The Labute approximate surface area is 66.2 Å². The summed E-state index contributed by atoms with van der Waals surface area (Å²) in [6, 6.07) is 0. The SMILES string of the molecule is CC1CCN(C#N)CCS1. The van der Waals surface area contributed by atoms with E-state index >= 15 is 0 Å². The lowest BCUT2D eigenvalue weighted by atomic mass is 10.3. The van der Waals surface area contributed by atoms with Crippen molar-refractivity contribution < 1.29 is 0 Å². The molecule has 0 spiro atoms. The minimum absolute atomic E-state index is 0.735. The fourth-order valence-corrected chi connectivity index (χ4v) is 2.00. The van der Waals surface area contributed by atoms with Crippen LogP contribution in [-0.4, -0.2) is 29.0 Å². The predicted molar refractivity (Wildman–Crippen MR) is 43.7 cm³/mol. The second kappa shape index (κ2) is 3.72. The van der Waals surface area contributed by atoms with Crippen LogP contribution in [0, 0.1) is 11.5 Å². The van der Waals surface area contributed by atoms with E-state index in [1.807, 2.05) is 16.7 Å². The predicted octanol–water partition coefficient (Wildman–Crippen LogP) is 1.29. The van der Waals surface area contributed by atoms with Gasteiger partial charge in [0.15, 0.2) is 6.19 Å². The van der Waals surface area contributed by atoms with Crippen molar-refractivity contribution >= 4 is 11.8 Å². The van der Waals surface area contributed by atoms with Crippen LogP contribution in [0.2, 0.25) is 0 Å². The van der Waals surface area contributed by atoms with E-state index in [1.54, 1.807) is 0 Å². The van der Waals surface area contributed by atoms with Gasteiger partial charge in [0.05, 0.1) is 0 Å². The van der Waals surface area contributed by atoms with Crippen LogP contribution < -0.4 is 0 Å². The zero-order chi connectivity index (χ0) is 7.40. The van der Waals surface area contributed by atoms with Crippen LogP contribution in [-0.2, 0) is 0 Å². The maximum absolute atomic E-state index is 8.57. The molecular weight excluding hydrogens is 144 g/mol. The first-order valence-corrected chi connectivity index (χ1v) is 4.64. The van der Waals surface area contributed by atoms with Crippen molar-refractivity contribution in [2.75, 3.05) is 18.8 Å². The first kappa shape index (κ1) is 7.74. The maximum atomic E-state index is 8.57. The van der Waals surface area contributed by atoms with E-state index in [1.165, 1.54) is 0 Å². The van der Waals surface area contributed by atoms with Crippen molar-refractivity contribution in [2.45, 2.75) is 18.6 Å². The second-order valence-electron chi connectivity index (χ2n) is 2.56. The van der Waals surface area contributed by atoms with Gasteiger partial charge >= 0.3 is 0 Å². The van der Waals surface area contributed by atoms with Gasteiger partial charge in [-0.15, -0.1) is 0 Å². The highest BCUT2D eigenvalue weighted by Gasteiger charge is 2.11. The lowest BCUT2D eigenvalue weighted by Crippen LogP contribution is -2.19. The summed E-state index contributed by atoms with van der Waals surface area (Å²) >= 11 is 1.97. The third-order valence-electron chi connectivity index (χ3n) is 1.71. The van der Waals surface area contributed by atoms with Gasteiger partial charge in [0.2, 0.25) is 0 Å². The Bertz CT molecular complexity index is 141. The lowest BCUT2D eigenvalue weighted by Gasteiger charge is -2.09. The summed E-state index contributed by atoms with van der Waals surface area (Å²) in [7, 11) is 0. The van der Waals surface area contributed by atoms with Crippen LogP contribution in [0.4, 0.5) is 0 Å². The van der Waals surface area contributed by atoms with Gasteiger partial charge in [-0.25, -0.2) is 0 Å². The maximum Gasteiger partial charge on any atom is 0.179 e. The Balaban J connectivity index is 2.35. The van der Waals surface area contributed by atoms with Crippen molar-refractivity contribution in [3.05, 3.63) is 0 Å². The highest BCUT2D eigenvalue weighted by molar-refractivity contribution is 7.99. The first-order chi connectivity index (χ1) is 4.83. The van der Waals surface area contributed by atoms with Gasteiger partial charge in [-0.3, -0.25) is 0 Å². The van der Waals surface area contributed by atoms with Gasteiger partial charge in [-0.05, 0) is 6.42 Å². The minimum atomic E-state index is 0.735. The summed E-state index contributed by atoms with van der Waals surface area (Å²) < 4.78 is 0. The Morgan fingerprint density at radius 3 is 3.10 bits per heavy atom. The van der Waals surface area contributed by atoms with Gasteiger partial charge < -0.3 is 4.90 Å². The van der Waals surface area contributed by atoms with Crippen LogP contribution in [0.25, 0.3) is 0 Å². The minimum Gasteiger partial charge on any atom is -0.310 e. The molecule has 1 aliphatic rings. The molecule has 1 atom stereocenters. The molecule has 0 saturated carbocycles. The zero-order valence-corrected chi connectivity index (χ0v) is 7.02. The summed E-state index contributed by atoms with van der Waals surface area (Å²) in [6.07, 6.45) is 3.34. The monoisotopic (exact) mass is 156 g/mol. The fourth-order valence-electron chi connectivity index (χ4n) is 0.997. The zero-order valence-electron chi connectivity index (χ0n) is 6.21. The third kappa shape index (κ3) is 2.11. The number of nitriles is 1. The van der Waals surface area contributed by atoms with Crippen LogP contribution in [0.15, 0.2) is 0 Å². The molecule has 1 fully saturated rings. The summed E-state index contributed by atoms with van der Waals surface area (Å²) in [5.41, 5.74) is 0. The second-order valence-corrected chi connectivity index (χ2v) is 4.10. The summed E-state index contributed by atoms with van der Waals surface area (Å²) in [6.45, 7) is 4.11. The van der Waals surface area contributed by atoms with Crippen LogP contribution in [0.1, 0.15) is 13.3 Å². The molecule has 1 saturated heterocycles. The summed E-state index contributed by atoms with van der Waals surface area (Å²) in [5.74, 6) is 1.11. The van der Waals surface area contributed by atoms with Crippen molar-refractivity contribution in [3.63, 3.8) is 0 Å². The molecule has 0 aromatic rings. The number of hydrogen-bond acceptors (Lipinski definition) is 3. The summed E-state index contributed by atoms with van der Waals surface area (Å²) in [5, 5.41) is 9.30. The molecule has 3 heteroatoms. The molecule has 1 unspecified atom stereocenters. The third-order valence-corrected chi connectivity index (χ3v) is 2.93. The van der Waals surface area contributed by atoms with Crippen molar-refractivity contribution in [1.29, 1.82) is 5.26 Å². The van der Waals surface area contributed by atoms with E-state index in [-0.39, 0.29) is 0 Å². The van der Waals surface area contributed by atoms with E-state index in [0.29, 0.717) is 0 Å². The van der Waals surface area contributed by atoms with Crippen LogP contribution >= 0.6 is 11.8 Å². The van der Waals surface area contributed by atoms with Gasteiger partial charge in [-0.1, -0.05) is 6.92 Å². The molecule has 0 radical (unpaired) electrons.